The highest BCUT2D eigenvalue weighted by Gasteiger charge is 2.30. The van der Waals surface area contributed by atoms with Gasteiger partial charge in [0.15, 0.2) is 5.96 Å². The number of hydrogen-bond donors (Lipinski definition) is 1. The van der Waals surface area contributed by atoms with E-state index in [2.05, 4.69) is 15.2 Å². The zero-order chi connectivity index (χ0) is 19.9. The number of nitrogens with zero attached hydrogens (tertiary/aromatic N) is 3. The van der Waals surface area contributed by atoms with Gasteiger partial charge in [-0.05, 0) is 37.8 Å². The minimum Gasteiger partial charge on any atom is -0.368 e. The summed E-state index contributed by atoms with van der Waals surface area (Å²) in [6.07, 6.45) is 1.88. The monoisotopic (exact) mass is 394 g/mol. The number of aliphatic imine (C=N–C) groups is 1. The quantitative estimate of drug-likeness (QED) is 0.611. The molecule has 6 nitrogen and oxygen atoms in total. The molecule has 154 valence electrons. The largest absolute Gasteiger partial charge is 0.368 e. The first-order valence-electron chi connectivity index (χ1n) is 9.96. The molecule has 2 fully saturated rings. The van der Waals surface area contributed by atoms with Crippen molar-refractivity contribution in [3.8, 4) is 0 Å². The number of benzene rings is 1. The molecule has 1 unspecified atom stereocenters. The van der Waals surface area contributed by atoms with Gasteiger partial charge >= 0.3 is 0 Å². The fourth-order valence-electron chi connectivity index (χ4n) is 3.55. The second-order valence-corrected chi connectivity index (χ2v) is 7.04. The lowest BCUT2D eigenvalue weighted by Gasteiger charge is -2.37. The summed E-state index contributed by atoms with van der Waals surface area (Å²) in [4.78, 5) is 21.0. The first-order chi connectivity index (χ1) is 13.6. The van der Waals surface area contributed by atoms with Gasteiger partial charge in [-0.2, -0.15) is 0 Å². The van der Waals surface area contributed by atoms with Gasteiger partial charge in [0.1, 0.15) is 17.7 Å². The molecule has 0 aliphatic carbocycles. The standard InChI is InChI=1S/C20H28F2N4O2/c1-2-23-20(24-8-7-15-5-6-16(21)14-17(15)22)26-11-9-25(10-12-26)19(27)18-4-3-13-28-18/h5-6,14,18H,2-4,7-13H2,1H3,(H,23,24). The number of amides is 1. The maximum absolute atomic E-state index is 13.8. The van der Waals surface area contributed by atoms with Crippen molar-refractivity contribution in [2.45, 2.75) is 32.3 Å². The Morgan fingerprint density at radius 3 is 2.64 bits per heavy atom. The van der Waals surface area contributed by atoms with Gasteiger partial charge in [0.05, 0.1) is 0 Å². The van der Waals surface area contributed by atoms with Gasteiger partial charge < -0.3 is 19.9 Å². The van der Waals surface area contributed by atoms with Crippen molar-refractivity contribution >= 4 is 11.9 Å². The maximum Gasteiger partial charge on any atom is 0.251 e. The van der Waals surface area contributed by atoms with E-state index in [1.807, 2.05) is 11.8 Å². The van der Waals surface area contributed by atoms with Crippen molar-refractivity contribution in [2.75, 3.05) is 45.9 Å². The van der Waals surface area contributed by atoms with E-state index in [4.69, 9.17) is 4.74 Å². The van der Waals surface area contributed by atoms with Gasteiger partial charge in [-0.1, -0.05) is 6.07 Å². The molecule has 2 saturated heterocycles. The molecule has 0 bridgehead atoms. The van der Waals surface area contributed by atoms with E-state index in [-0.39, 0.29) is 12.0 Å². The molecule has 1 amide bonds. The van der Waals surface area contributed by atoms with Crippen LogP contribution in [0, 0.1) is 11.6 Å². The molecule has 2 heterocycles. The SMILES string of the molecule is CCNC(=NCCc1ccc(F)cc1F)N1CCN(C(=O)C2CCCO2)CC1. The Hall–Kier alpha value is -2.22. The molecule has 0 spiro atoms. The summed E-state index contributed by atoms with van der Waals surface area (Å²) in [7, 11) is 0. The Kier molecular flexibility index (Phi) is 7.19. The molecule has 3 rings (SSSR count). The summed E-state index contributed by atoms with van der Waals surface area (Å²) >= 11 is 0. The van der Waals surface area contributed by atoms with Gasteiger partial charge in [-0.15, -0.1) is 0 Å². The van der Waals surface area contributed by atoms with E-state index in [1.165, 1.54) is 12.1 Å². The minimum atomic E-state index is -0.575. The van der Waals surface area contributed by atoms with Crippen LogP contribution in [-0.4, -0.2) is 73.6 Å². The van der Waals surface area contributed by atoms with Crippen molar-refractivity contribution in [1.29, 1.82) is 0 Å². The molecule has 1 aromatic rings. The molecular weight excluding hydrogens is 366 g/mol. The van der Waals surface area contributed by atoms with Crippen LogP contribution in [0.2, 0.25) is 0 Å². The second kappa shape index (κ2) is 9.82. The third kappa shape index (κ3) is 5.19. The molecule has 0 radical (unpaired) electrons. The minimum absolute atomic E-state index is 0.0888. The van der Waals surface area contributed by atoms with Crippen LogP contribution >= 0.6 is 0 Å². The molecule has 2 aliphatic heterocycles. The first-order valence-corrected chi connectivity index (χ1v) is 9.96. The van der Waals surface area contributed by atoms with E-state index in [0.29, 0.717) is 51.3 Å². The predicted molar refractivity (Wildman–Crippen MR) is 103 cm³/mol. The zero-order valence-corrected chi connectivity index (χ0v) is 16.3. The molecule has 1 atom stereocenters. The number of carbonyl (C=O) groups is 1. The van der Waals surface area contributed by atoms with Crippen LogP contribution in [0.1, 0.15) is 25.3 Å². The van der Waals surface area contributed by atoms with E-state index in [0.717, 1.165) is 31.4 Å². The van der Waals surface area contributed by atoms with Crippen LogP contribution in [0.5, 0.6) is 0 Å². The predicted octanol–water partition coefficient (Wildman–Crippen LogP) is 1.80. The Morgan fingerprint density at radius 1 is 1.25 bits per heavy atom. The Labute approximate surface area is 164 Å². The van der Waals surface area contributed by atoms with Crippen LogP contribution in [0.15, 0.2) is 23.2 Å². The number of piperazine rings is 1. The van der Waals surface area contributed by atoms with Crippen LogP contribution in [0.3, 0.4) is 0 Å². The number of nitrogens with one attached hydrogen (secondary N) is 1. The lowest BCUT2D eigenvalue weighted by molar-refractivity contribution is -0.142. The van der Waals surface area contributed by atoms with Crippen LogP contribution < -0.4 is 5.32 Å². The third-order valence-corrected chi connectivity index (χ3v) is 5.09. The fraction of sp³-hybridized carbons (Fsp3) is 0.600. The maximum atomic E-state index is 13.8. The molecule has 8 heteroatoms. The smallest absolute Gasteiger partial charge is 0.251 e. The summed E-state index contributed by atoms with van der Waals surface area (Å²) in [5.41, 5.74) is 0.452. The normalized spacial score (nSPS) is 20.5. The highest BCUT2D eigenvalue weighted by molar-refractivity contribution is 5.82. The van der Waals surface area contributed by atoms with Crippen molar-refractivity contribution in [3.05, 3.63) is 35.4 Å². The van der Waals surface area contributed by atoms with Crippen LogP contribution in [0.4, 0.5) is 8.78 Å². The number of halogens is 2. The molecule has 1 aromatic carbocycles. The summed E-state index contributed by atoms with van der Waals surface area (Å²) in [5.74, 6) is -0.268. The zero-order valence-electron chi connectivity index (χ0n) is 16.3. The van der Waals surface area contributed by atoms with Gasteiger partial charge in [0.2, 0.25) is 0 Å². The fourth-order valence-corrected chi connectivity index (χ4v) is 3.55. The molecule has 0 aromatic heterocycles. The lowest BCUT2D eigenvalue weighted by atomic mass is 10.1. The third-order valence-electron chi connectivity index (χ3n) is 5.09. The average Bonchev–Trinajstić information content (AvgIpc) is 3.23. The number of ether oxygens (including phenoxy) is 1. The van der Waals surface area contributed by atoms with Gasteiger partial charge in [0.25, 0.3) is 5.91 Å². The van der Waals surface area contributed by atoms with Crippen molar-refractivity contribution in [1.82, 2.24) is 15.1 Å². The summed E-state index contributed by atoms with van der Waals surface area (Å²) in [6.45, 7) is 6.43. The van der Waals surface area contributed by atoms with Crippen molar-refractivity contribution in [2.24, 2.45) is 4.99 Å². The highest BCUT2D eigenvalue weighted by Crippen LogP contribution is 2.16. The first kappa shape index (κ1) is 20.5. The number of hydrogen-bond acceptors (Lipinski definition) is 3. The van der Waals surface area contributed by atoms with E-state index >= 15 is 0 Å². The number of carbonyl (C=O) groups excluding carboxylic acids is 1. The average molecular weight is 394 g/mol. The van der Waals surface area contributed by atoms with Gasteiger partial charge in [0, 0.05) is 51.9 Å². The number of guanidine groups is 1. The Balaban J connectivity index is 1.53. The second-order valence-electron chi connectivity index (χ2n) is 7.04. The lowest BCUT2D eigenvalue weighted by Crippen LogP contribution is -2.55. The number of rotatable bonds is 5. The van der Waals surface area contributed by atoms with Gasteiger partial charge in [-0.3, -0.25) is 9.79 Å². The molecule has 1 N–H and O–H groups in total. The highest BCUT2D eigenvalue weighted by atomic mass is 19.1. The van der Waals surface area contributed by atoms with E-state index < -0.39 is 11.6 Å². The van der Waals surface area contributed by atoms with E-state index in [9.17, 15) is 13.6 Å². The van der Waals surface area contributed by atoms with Gasteiger partial charge in [-0.25, -0.2) is 8.78 Å². The van der Waals surface area contributed by atoms with Crippen LogP contribution in [0.25, 0.3) is 0 Å². The summed E-state index contributed by atoms with van der Waals surface area (Å²) in [6, 6.07) is 3.62. The molecule has 2 aliphatic rings. The van der Waals surface area contributed by atoms with Crippen molar-refractivity contribution < 1.29 is 18.3 Å². The summed E-state index contributed by atoms with van der Waals surface area (Å²) in [5, 5.41) is 3.26. The molecule has 28 heavy (non-hydrogen) atoms. The Morgan fingerprint density at radius 2 is 2.00 bits per heavy atom. The van der Waals surface area contributed by atoms with Crippen molar-refractivity contribution in [3.63, 3.8) is 0 Å². The Bertz CT molecular complexity index is 699. The topological polar surface area (TPSA) is 57.2 Å². The summed E-state index contributed by atoms with van der Waals surface area (Å²) < 4.78 is 32.3. The molecule has 0 saturated carbocycles. The molecular formula is C20H28F2N4O2. The van der Waals surface area contributed by atoms with E-state index in [1.54, 1.807) is 0 Å². The van der Waals surface area contributed by atoms with Crippen LogP contribution in [-0.2, 0) is 16.0 Å².